The maximum atomic E-state index is 12.3. The summed E-state index contributed by atoms with van der Waals surface area (Å²) in [5.74, 6) is 0.658. The molecule has 3 rings (SSSR count). The fourth-order valence-corrected chi connectivity index (χ4v) is 2.59. The van der Waals surface area contributed by atoms with E-state index in [1.807, 2.05) is 36.5 Å². The van der Waals surface area contributed by atoms with Crippen LogP contribution in [-0.4, -0.2) is 28.7 Å². The van der Waals surface area contributed by atoms with Gasteiger partial charge in [0.2, 0.25) is 0 Å². The molecule has 0 bridgehead atoms. The molecule has 0 aliphatic heterocycles. The number of carbonyl (C=O) groups is 1. The third-order valence-corrected chi connectivity index (χ3v) is 4.05. The smallest absolute Gasteiger partial charge is 0.255 e. The lowest BCUT2D eigenvalue weighted by Crippen LogP contribution is -2.28. The van der Waals surface area contributed by atoms with Gasteiger partial charge in [-0.05, 0) is 35.2 Å². The van der Waals surface area contributed by atoms with Crippen molar-refractivity contribution in [2.24, 2.45) is 0 Å². The van der Waals surface area contributed by atoms with Crippen molar-refractivity contribution in [2.45, 2.75) is 26.2 Å². The number of pyridine rings is 1. The summed E-state index contributed by atoms with van der Waals surface area (Å²) >= 11 is 0. The summed E-state index contributed by atoms with van der Waals surface area (Å²) in [5, 5.41) is 7.03. The second-order valence-corrected chi connectivity index (χ2v) is 6.97. The van der Waals surface area contributed by atoms with Crippen molar-refractivity contribution in [1.29, 1.82) is 0 Å². The van der Waals surface area contributed by atoms with Gasteiger partial charge >= 0.3 is 0 Å². The van der Waals surface area contributed by atoms with E-state index in [1.54, 1.807) is 10.7 Å². The first-order valence-corrected chi connectivity index (χ1v) is 8.39. The zero-order chi connectivity index (χ0) is 17.9. The largest absolute Gasteiger partial charge is 0.492 e. The van der Waals surface area contributed by atoms with Crippen LogP contribution < -0.4 is 10.1 Å². The third-order valence-electron chi connectivity index (χ3n) is 4.05. The number of benzene rings is 1. The molecule has 0 fully saturated rings. The number of fused-ring (bicyclic) bond motifs is 1. The predicted molar refractivity (Wildman–Crippen MR) is 98.2 cm³/mol. The zero-order valence-electron chi connectivity index (χ0n) is 14.8. The molecule has 5 heteroatoms. The number of amides is 1. The van der Waals surface area contributed by atoms with Crippen LogP contribution in [0.5, 0.6) is 5.75 Å². The Morgan fingerprint density at radius 1 is 1.16 bits per heavy atom. The second-order valence-electron chi connectivity index (χ2n) is 6.97. The van der Waals surface area contributed by atoms with Gasteiger partial charge in [-0.1, -0.05) is 39.0 Å². The van der Waals surface area contributed by atoms with E-state index < -0.39 is 0 Å². The van der Waals surface area contributed by atoms with Crippen molar-refractivity contribution in [3.05, 3.63) is 66.0 Å². The Morgan fingerprint density at radius 2 is 1.92 bits per heavy atom. The Balaban J connectivity index is 1.51. The topological polar surface area (TPSA) is 55.6 Å². The van der Waals surface area contributed by atoms with E-state index in [2.05, 4.69) is 43.3 Å². The summed E-state index contributed by atoms with van der Waals surface area (Å²) in [6.45, 7) is 7.39. The van der Waals surface area contributed by atoms with Crippen LogP contribution in [0.4, 0.5) is 0 Å². The number of carbonyl (C=O) groups excluding carboxylic acids is 1. The molecule has 5 nitrogen and oxygen atoms in total. The molecule has 0 aliphatic rings. The van der Waals surface area contributed by atoms with Crippen LogP contribution in [0, 0.1) is 0 Å². The van der Waals surface area contributed by atoms with E-state index in [0.717, 1.165) is 11.3 Å². The van der Waals surface area contributed by atoms with E-state index in [0.29, 0.717) is 18.7 Å². The highest BCUT2D eigenvalue weighted by Gasteiger charge is 2.13. The van der Waals surface area contributed by atoms with Gasteiger partial charge in [-0.3, -0.25) is 4.79 Å². The van der Waals surface area contributed by atoms with Gasteiger partial charge in [0.1, 0.15) is 12.4 Å². The van der Waals surface area contributed by atoms with Crippen LogP contribution in [0.2, 0.25) is 0 Å². The lowest BCUT2D eigenvalue weighted by atomic mass is 9.87. The van der Waals surface area contributed by atoms with Crippen LogP contribution in [0.3, 0.4) is 0 Å². The molecule has 3 aromatic rings. The standard InChI is InChI=1S/C20H23N3O2/c1-20(2,3)15-7-9-16(10-8-15)25-13-11-21-19(24)17-14-22-23-12-5-4-6-18(17)23/h4-10,12,14H,11,13H2,1-3H3,(H,21,24). The molecule has 1 aromatic carbocycles. The Morgan fingerprint density at radius 3 is 2.64 bits per heavy atom. The van der Waals surface area contributed by atoms with Gasteiger partial charge in [0, 0.05) is 6.20 Å². The van der Waals surface area contributed by atoms with E-state index in [4.69, 9.17) is 4.74 Å². The highest BCUT2D eigenvalue weighted by atomic mass is 16.5. The van der Waals surface area contributed by atoms with E-state index in [-0.39, 0.29) is 11.3 Å². The summed E-state index contributed by atoms with van der Waals surface area (Å²) in [6, 6.07) is 13.7. The highest BCUT2D eigenvalue weighted by Crippen LogP contribution is 2.24. The van der Waals surface area contributed by atoms with Gasteiger partial charge in [0.05, 0.1) is 23.8 Å². The molecule has 0 saturated heterocycles. The second kappa shape index (κ2) is 6.97. The monoisotopic (exact) mass is 337 g/mol. The number of nitrogens with zero attached hydrogens (tertiary/aromatic N) is 2. The Hall–Kier alpha value is -2.82. The van der Waals surface area contributed by atoms with E-state index >= 15 is 0 Å². The number of rotatable bonds is 5. The van der Waals surface area contributed by atoms with Gasteiger partial charge in [-0.15, -0.1) is 0 Å². The first-order chi connectivity index (χ1) is 11.9. The number of hydrogen-bond donors (Lipinski definition) is 1. The van der Waals surface area contributed by atoms with Crippen LogP contribution in [-0.2, 0) is 5.41 Å². The molecule has 2 aromatic heterocycles. The fourth-order valence-electron chi connectivity index (χ4n) is 2.59. The first-order valence-electron chi connectivity index (χ1n) is 8.39. The molecular formula is C20H23N3O2. The highest BCUT2D eigenvalue weighted by molar-refractivity contribution is 6.00. The average Bonchev–Trinajstić information content (AvgIpc) is 3.02. The molecule has 0 atom stereocenters. The Kier molecular flexibility index (Phi) is 4.74. The van der Waals surface area contributed by atoms with E-state index in [1.165, 1.54) is 5.56 Å². The SMILES string of the molecule is CC(C)(C)c1ccc(OCCNC(=O)c2cnn3ccccc23)cc1. The number of ether oxygens (including phenoxy) is 1. The fraction of sp³-hybridized carbons (Fsp3) is 0.300. The van der Waals surface area contributed by atoms with Gasteiger partial charge in [-0.2, -0.15) is 5.10 Å². The molecule has 0 unspecified atom stereocenters. The summed E-state index contributed by atoms with van der Waals surface area (Å²) in [6.07, 6.45) is 3.40. The minimum atomic E-state index is -0.145. The molecule has 0 saturated carbocycles. The lowest BCUT2D eigenvalue weighted by molar-refractivity contribution is 0.0948. The normalized spacial score (nSPS) is 11.5. The maximum absolute atomic E-state index is 12.3. The van der Waals surface area contributed by atoms with Crippen molar-refractivity contribution in [2.75, 3.05) is 13.2 Å². The number of hydrogen-bond acceptors (Lipinski definition) is 3. The molecule has 2 heterocycles. The minimum absolute atomic E-state index is 0.126. The molecule has 1 N–H and O–H groups in total. The van der Waals surface area contributed by atoms with Crippen LogP contribution >= 0.6 is 0 Å². The lowest BCUT2D eigenvalue weighted by Gasteiger charge is -2.19. The quantitative estimate of drug-likeness (QED) is 0.726. The average molecular weight is 337 g/mol. The summed E-state index contributed by atoms with van der Waals surface area (Å²) in [5.41, 5.74) is 2.75. The zero-order valence-corrected chi connectivity index (χ0v) is 14.8. The van der Waals surface area contributed by atoms with E-state index in [9.17, 15) is 4.79 Å². The molecular weight excluding hydrogens is 314 g/mol. The molecule has 0 radical (unpaired) electrons. The Bertz CT molecular complexity index is 861. The van der Waals surface area contributed by atoms with Gasteiger partial charge in [0.25, 0.3) is 5.91 Å². The summed E-state index contributed by atoms with van der Waals surface area (Å²) in [7, 11) is 0. The number of aromatic nitrogens is 2. The number of nitrogens with one attached hydrogen (secondary N) is 1. The van der Waals surface area contributed by atoms with Gasteiger partial charge in [-0.25, -0.2) is 4.52 Å². The molecule has 25 heavy (non-hydrogen) atoms. The van der Waals surface area contributed by atoms with Crippen LogP contribution in [0.1, 0.15) is 36.7 Å². The predicted octanol–water partition coefficient (Wildman–Crippen LogP) is 3.44. The van der Waals surface area contributed by atoms with Crippen molar-refractivity contribution >= 4 is 11.4 Å². The van der Waals surface area contributed by atoms with Gasteiger partial charge < -0.3 is 10.1 Å². The maximum Gasteiger partial charge on any atom is 0.255 e. The Labute approximate surface area is 147 Å². The van der Waals surface area contributed by atoms with Crippen LogP contribution in [0.15, 0.2) is 54.9 Å². The molecule has 0 aliphatic carbocycles. The third kappa shape index (κ3) is 3.99. The minimum Gasteiger partial charge on any atom is -0.492 e. The summed E-state index contributed by atoms with van der Waals surface area (Å²) < 4.78 is 7.38. The molecule has 0 spiro atoms. The van der Waals surface area contributed by atoms with Crippen LogP contribution in [0.25, 0.3) is 5.52 Å². The van der Waals surface area contributed by atoms with Gasteiger partial charge in [0.15, 0.2) is 0 Å². The first kappa shape index (κ1) is 17.0. The van der Waals surface area contributed by atoms with Crippen molar-refractivity contribution < 1.29 is 9.53 Å². The van der Waals surface area contributed by atoms with Crippen molar-refractivity contribution in [3.63, 3.8) is 0 Å². The van der Waals surface area contributed by atoms with Crippen molar-refractivity contribution in [1.82, 2.24) is 14.9 Å². The molecule has 1 amide bonds. The summed E-state index contributed by atoms with van der Waals surface area (Å²) in [4.78, 5) is 12.3. The van der Waals surface area contributed by atoms with Crippen molar-refractivity contribution in [3.8, 4) is 5.75 Å². The molecule has 130 valence electrons.